The summed E-state index contributed by atoms with van der Waals surface area (Å²) in [4.78, 5) is 60.0. The minimum Gasteiger partial charge on any atom is -0.443 e. The number of anilines is 3. The van der Waals surface area contributed by atoms with Gasteiger partial charge in [-0.1, -0.05) is 6.92 Å². The SMILES string of the molecule is CCC(=O)c1cc(C)c(Nc2cncnc2-c2cc(N(C(=O)OC(C)(C)C)C(=O)OC(C)(C)C)ncn2)cn1. The van der Waals surface area contributed by atoms with Crippen molar-refractivity contribution in [3.8, 4) is 11.4 Å². The van der Waals surface area contributed by atoms with E-state index in [9.17, 15) is 14.4 Å². The van der Waals surface area contributed by atoms with Gasteiger partial charge in [0.25, 0.3) is 0 Å². The Hall–Kier alpha value is -4.48. The van der Waals surface area contributed by atoms with E-state index in [1.165, 1.54) is 18.7 Å². The highest BCUT2D eigenvalue weighted by atomic mass is 16.6. The molecule has 1 N–H and O–H groups in total. The molecule has 12 nitrogen and oxygen atoms in total. The van der Waals surface area contributed by atoms with Crippen molar-refractivity contribution in [2.45, 2.75) is 73.0 Å². The highest BCUT2D eigenvalue weighted by Crippen LogP contribution is 2.30. The Morgan fingerprint density at radius 3 is 2.05 bits per heavy atom. The van der Waals surface area contributed by atoms with Gasteiger partial charge in [0.15, 0.2) is 11.6 Å². The number of aromatic nitrogens is 5. The quantitative estimate of drug-likeness (QED) is 0.390. The Kier molecular flexibility index (Phi) is 8.58. The predicted octanol–water partition coefficient (Wildman–Crippen LogP) is 5.65. The standard InChI is InChI=1S/C27H33N7O5/c1-9-21(35)17-10-16(2)19(13-29-17)33-20-12-28-14-32-23(20)18-11-22(31-15-30-18)34(24(36)38-26(3,4)5)25(37)39-27(6,7)8/h10-15,33H,9H2,1-8H3. The van der Waals surface area contributed by atoms with E-state index in [0.717, 1.165) is 5.56 Å². The molecule has 0 spiro atoms. The third-order valence-electron chi connectivity index (χ3n) is 4.98. The first-order chi connectivity index (χ1) is 18.2. The summed E-state index contributed by atoms with van der Waals surface area (Å²) in [5.74, 6) is -0.116. The van der Waals surface area contributed by atoms with Crippen LogP contribution in [0.15, 0.2) is 37.2 Å². The number of nitrogens with one attached hydrogen (secondary N) is 1. The number of hydrogen-bond acceptors (Lipinski definition) is 11. The van der Waals surface area contributed by atoms with Gasteiger partial charge >= 0.3 is 12.2 Å². The van der Waals surface area contributed by atoms with E-state index >= 15 is 0 Å². The van der Waals surface area contributed by atoms with E-state index in [2.05, 4.69) is 30.2 Å². The Balaban J connectivity index is 2.01. The maximum atomic E-state index is 13.1. The molecule has 0 fully saturated rings. The molecule has 0 saturated heterocycles. The van der Waals surface area contributed by atoms with E-state index < -0.39 is 23.4 Å². The van der Waals surface area contributed by atoms with Gasteiger partial charge in [0, 0.05) is 12.5 Å². The van der Waals surface area contributed by atoms with Crippen LogP contribution in [0.5, 0.6) is 0 Å². The van der Waals surface area contributed by atoms with Crippen LogP contribution in [-0.2, 0) is 9.47 Å². The summed E-state index contributed by atoms with van der Waals surface area (Å²) in [5.41, 5.74) is 1.21. The maximum absolute atomic E-state index is 13.1. The van der Waals surface area contributed by atoms with Crippen LogP contribution in [0.25, 0.3) is 11.4 Å². The first-order valence-electron chi connectivity index (χ1n) is 12.3. The fourth-order valence-corrected chi connectivity index (χ4v) is 3.27. The van der Waals surface area contributed by atoms with Gasteiger partial charge in [-0.05, 0) is 60.1 Å². The molecule has 3 heterocycles. The van der Waals surface area contributed by atoms with E-state index in [1.54, 1.807) is 66.9 Å². The summed E-state index contributed by atoms with van der Waals surface area (Å²) in [6.07, 6.45) is 4.11. The monoisotopic (exact) mass is 535 g/mol. The number of ether oxygens (including phenoxy) is 2. The average Bonchev–Trinajstić information content (AvgIpc) is 2.83. The lowest BCUT2D eigenvalue weighted by atomic mass is 10.1. The number of nitrogens with zero attached hydrogens (tertiary/aromatic N) is 6. The van der Waals surface area contributed by atoms with Crippen molar-refractivity contribution in [1.82, 2.24) is 24.9 Å². The molecule has 0 radical (unpaired) electrons. The molecule has 0 saturated carbocycles. The molecule has 0 aliphatic rings. The zero-order valence-electron chi connectivity index (χ0n) is 23.4. The highest BCUT2D eigenvalue weighted by molar-refractivity contribution is 6.09. The minimum atomic E-state index is -0.953. The third kappa shape index (κ3) is 7.76. The van der Waals surface area contributed by atoms with E-state index in [-0.39, 0.29) is 11.6 Å². The van der Waals surface area contributed by atoms with Gasteiger partial charge in [0.05, 0.1) is 29.5 Å². The van der Waals surface area contributed by atoms with E-state index in [1.807, 2.05) is 6.92 Å². The Morgan fingerprint density at radius 1 is 0.846 bits per heavy atom. The lowest BCUT2D eigenvalue weighted by Crippen LogP contribution is -2.44. The third-order valence-corrected chi connectivity index (χ3v) is 4.98. The minimum absolute atomic E-state index is 0.0542. The van der Waals surface area contributed by atoms with Crippen LogP contribution in [-0.4, -0.2) is 54.1 Å². The summed E-state index contributed by atoms with van der Waals surface area (Å²) in [7, 11) is 0. The fourth-order valence-electron chi connectivity index (χ4n) is 3.27. The van der Waals surface area contributed by atoms with Gasteiger partial charge in [-0.25, -0.2) is 29.5 Å². The van der Waals surface area contributed by atoms with Crippen LogP contribution in [0.3, 0.4) is 0 Å². The number of ketones is 1. The topological polar surface area (TPSA) is 149 Å². The smallest absolute Gasteiger partial charge is 0.425 e. The lowest BCUT2D eigenvalue weighted by molar-refractivity contribution is 0.0428. The number of rotatable bonds is 6. The average molecular weight is 536 g/mol. The number of hydrogen-bond donors (Lipinski definition) is 1. The molecular formula is C27H33N7O5. The second kappa shape index (κ2) is 11.5. The first-order valence-corrected chi connectivity index (χ1v) is 12.3. The van der Waals surface area contributed by atoms with Crippen LogP contribution in [0.2, 0.25) is 0 Å². The molecule has 0 atom stereocenters. The second-order valence-corrected chi connectivity index (χ2v) is 10.6. The zero-order valence-corrected chi connectivity index (χ0v) is 23.4. The fraction of sp³-hybridized carbons (Fsp3) is 0.407. The molecular weight excluding hydrogens is 502 g/mol. The normalized spacial score (nSPS) is 11.5. The van der Waals surface area contributed by atoms with Crippen LogP contribution >= 0.6 is 0 Å². The number of Topliss-reactive ketones (excluding diaryl/α,β-unsaturated/α-hetero) is 1. The second-order valence-electron chi connectivity index (χ2n) is 10.6. The van der Waals surface area contributed by atoms with Crippen LogP contribution in [0.1, 0.15) is 70.9 Å². The van der Waals surface area contributed by atoms with Crippen molar-refractivity contribution in [3.05, 3.63) is 48.4 Å². The molecule has 3 aromatic rings. The summed E-state index contributed by atoms with van der Waals surface area (Å²) in [6.45, 7) is 13.7. The molecule has 2 amide bonds. The Labute approximate surface area is 227 Å². The largest absolute Gasteiger partial charge is 0.443 e. The highest BCUT2D eigenvalue weighted by Gasteiger charge is 2.34. The van der Waals surface area contributed by atoms with Gasteiger partial charge in [0.1, 0.15) is 35.2 Å². The van der Waals surface area contributed by atoms with Crippen molar-refractivity contribution in [1.29, 1.82) is 0 Å². The summed E-state index contributed by atoms with van der Waals surface area (Å²) in [5, 5.41) is 3.22. The van der Waals surface area contributed by atoms with Gasteiger partial charge in [-0.2, -0.15) is 4.90 Å². The van der Waals surface area contributed by atoms with Crippen molar-refractivity contribution in [3.63, 3.8) is 0 Å². The molecule has 3 rings (SSSR count). The molecule has 0 aliphatic carbocycles. The molecule has 12 heteroatoms. The number of aryl methyl sites for hydroxylation is 1. The van der Waals surface area contributed by atoms with Gasteiger partial charge in [-0.3, -0.25) is 9.78 Å². The number of amides is 2. The van der Waals surface area contributed by atoms with Gasteiger partial charge in [0.2, 0.25) is 0 Å². The maximum Gasteiger partial charge on any atom is 0.425 e. The van der Waals surface area contributed by atoms with Crippen molar-refractivity contribution in [2.75, 3.05) is 10.2 Å². The van der Waals surface area contributed by atoms with E-state index in [0.29, 0.717) is 39.8 Å². The van der Waals surface area contributed by atoms with Crippen LogP contribution < -0.4 is 10.2 Å². The van der Waals surface area contributed by atoms with Crippen molar-refractivity contribution >= 4 is 35.2 Å². The molecule has 0 aromatic carbocycles. The predicted molar refractivity (Wildman–Crippen MR) is 145 cm³/mol. The number of carbonyl (C=O) groups excluding carboxylic acids is 3. The molecule has 0 bridgehead atoms. The number of imide groups is 1. The van der Waals surface area contributed by atoms with E-state index in [4.69, 9.17) is 9.47 Å². The molecule has 206 valence electrons. The van der Waals surface area contributed by atoms with Gasteiger partial charge < -0.3 is 14.8 Å². The van der Waals surface area contributed by atoms with Gasteiger partial charge in [-0.15, -0.1) is 0 Å². The summed E-state index contributed by atoms with van der Waals surface area (Å²) >= 11 is 0. The first kappa shape index (κ1) is 29.1. The summed E-state index contributed by atoms with van der Waals surface area (Å²) < 4.78 is 10.9. The Morgan fingerprint density at radius 2 is 1.49 bits per heavy atom. The lowest BCUT2D eigenvalue weighted by Gasteiger charge is -2.28. The van der Waals surface area contributed by atoms with Crippen LogP contribution in [0, 0.1) is 6.92 Å². The molecule has 0 aliphatic heterocycles. The molecule has 39 heavy (non-hydrogen) atoms. The number of carbonyl (C=O) groups is 3. The molecule has 0 unspecified atom stereocenters. The summed E-state index contributed by atoms with van der Waals surface area (Å²) in [6, 6.07) is 3.13. The molecule has 3 aromatic heterocycles. The van der Waals surface area contributed by atoms with Crippen molar-refractivity contribution in [2.24, 2.45) is 0 Å². The number of pyridine rings is 1. The van der Waals surface area contributed by atoms with Crippen LogP contribution in [0.4, 0.5) is 26.8 Å². The zero-order chi connectivity index (χ0) is 29.0. The Bertz CT molecular complexity index is 1350. The van der Waals surface area contributed by atoms with Crippen molar-refractivity contribution < 1.29 is 23.9 Å².